The van der Waals surface area contributed by atoms with E-state index in [9.17, 15) is 4.79 Å². The van der Waals surface area contributed by atoms with Crippen molar-refractivity contribution in [2.24, 2.45) is 11.8 Å². The number of likely N-dealkylation sites (tertiary alicyclic amines) is 1. The number of carbonyl (C=O) groups excluding carboxylic acids is 1. The van der Waals surface area contributed by atoms with Gasteiger partial charge in [0.25, 0.3) is 5.91 Å². The van der Waals surface area contributed by atoms with Gasteiger partial charge >= 0.3 is 0 Å². The van der Waals surface area contributed by atoms with Gasteiger partial charge < -0.3 is 15.0 Å². The lowest BCUT2D eigenvalue weighted by Crippen LogP contribution is -2.32. The van der Waals surface area contributed by atoms with Crippen molar-refractivity contribution in [3.63, 3.8) is 0 Å². The highest BCUT2D eigenvalue weighted by molar-refractivity contribution is 5.95. The number of aromatic nitrogens is 1. The summed E-state index contributed by atoms with van der Waals surface area (Å²) in [5.74, 6) is 1.80. The zero-order valence-electron chi connectivity index (χ0n) is 14.4. The van der Waals surface area contributed by atoms with Crippen molar-refractivity contribution < 1.29 is 9.53 Å². The molecule has 0 unspecified atom stereocenters. The molecule has 2 aliphatic rings. The molecule has 3 atom stereocenters. The van der Waals surface area contributed by atoms with Crippen molar-refractivity contribution in [2.45, 2.75) is 13.0 Å². The largest absolute Gasteiger partial charge is 0.376 e. The fraction of sp³-hybridized carbons (Fsp3) is 0.400. The molecule has 2 saturated heterocycles. The van der Waals surface area contributed by atoms with Gasteiger partial charge in [-0.2, -0.15) is 0 Å². The standard InChI is InChI=1S/C20H23N3O2/c1-14-6-2-3-7-16(14)20(24)23-11-17-15(13-25-18(17)12-23)10-22-19-8-4-5-9-21-19/h2-9,15,17-18H,10-13H2,1H3,(H,21,22)/t15-,17+,18+/m1/s1. The number of anilines is 1. The molecular formula is C20H23N3O2. The van der Waals surface area contributed by atoms with Crippen molar-refractivity contribution in [3.8, 4) is 0 Å². The summed E-state index contributed by atoms with van der Waals surface area (Å²) in [7, 11) is 0. The van der Waals surface area contributed by atoms with Crippen LogP contribution in [-0.2, 0) is 4.74 Å². The van der Waals surface area contributed by atoms with Crippen molar-refractivity contribution >= 4 is 11.7 Å². The Morgan fingerprint density at radius 3 is 2.88 bits per heavy atom. The summed E-state index contributed by atoms with van der Waals surface area (Å²) in [4.78, 5) is 19.1. The van der Waals surface area contributed by atoms with Crippen LogP contribution in [0.4, 0.5) is 5.82 Å². The number of hydrogen-bond donors (Lipinski definition) is 1. The number of aryl methyl sites for hydroxylation is 1. The van der Waals surface area contributed by atoms with Crippen LogP contribution >= 0.6 is 0 Å². The van der Waals surface area contributed by atoms with Crippen LogP contribution in [-0.4, -0.2) is 48.1 Å². The van der Waals surface area contributed by atoms with Crippen LogP contribution in [0.15, 0.2) is 48.7 Å². The maximum absolute atomic E-state index is 12.8. The van der Waals surface area contributed by atoms with Crippen LogP contribution in [0.2, 0.25) is 0 Å². The zero-order valence-corrected chi connectivity index (χ0v) is 14.4. The molecule has 2 aliphatic heterocycles. The van der Waals surface area contributed by atoms with E-state index in [-0.39, 0.29) is 12.0 Å². The third kappa shape index (κ3) is 3.24. The molecule has 2 fully saturated rings. The topological polar surface area (TPSA) is 54.5 Å². The Morgan fingerprint density at radius 1 is 1.24 bits per heavy atom. The highest BCUT2D eigenvalue weighted by Gasteiger charge is 2.45. The van der Waals surface area contributed by atoms with Gasteiger partial charge in [-0.15, -0.1) is 0 Å². The van der Waals surface area contributed by atoms with E-state index in [4.69, 9.17) is 4.74 Å². The molecule has 0 spiro atoms. The summed E-state index contributed by atoms with van der Waals surface area (Å²) in [6.45, 7) is 5.02. The van der Waals surface area contributed by atoms with E-state index in [1.165, 1.54) is 0 Å². The summed E-state index contributed by atoms with van der Waals surface area (Å²) in [5, 5.41) is 3.39. The molecule has 5 heteroatoms. The third-order valence-corrected chi connectivity index (χ3v) is 5.31. The minimum absolute atomic E-state index is 0.118. The summed E-state index contributed by atoms with van der Waals surface area (Å²) in [6.07, 6.45) is 1.94. The summed E-state index contributed by atoms with van der Waals surface area (Å²) < 4.78 is 5.97. The Hall–Kier alpha value is -2.40. The number of amides is 1. The van der Waals surface area contributed by atoms with Gasteiger partial charge in [-0.1, -0.05) is 24.3 Å². The molecule has 0 aliphatic carbocycles. The summed E-state index contributed by atoms with van der Waals surface area (Å²) in [5.41, 5.74) is 1.82. The number of benzene rings is 1. The highest BCUT2D eigenvalue weighted by atomic mass is 16.5. The number of rotatable bonds is 4. The Labute approximate surface area is 148 Å². The minimum Gasteiger partial charge on any atom is -0.376 e. The van der Waals surface area contributed by atoms with Gasteiger partial charge in [0.05, 0.1) is 12.7 Å². The van der Waals surface area contributed by atoms with Crippen molar-refractivity contribution in [2.75, 3.05) is 31.6 Å². The fourth-order valence-electron chi connectivity index (χ4n) is 3.86. The van der Waals surface area contributed by atoms with Gasteiger partial charge in [-0.05, 0) is 30.7 Å². The van der Waals surface area contributed by atoms with Crippen molar-refractivity contribution in [3.05, 3.63) is 59.8 Å². The molecule has 2 aromatic rings. The molecule has 130 valence electrons. The quantitative estimate of drug-likeness (QED) is 0.932. The molecule has 1 aromatic heterocycles. The van der Waals surface area contributed by atoms with E-state index in [1.807, 2.05) is 54.3 Å². The second kappa shape index (κ2) is 6.84. The minimum atomic E-state index is 0.118. The fourth-order valence-corrected chi connectivity index (χ4v) is 3.86. The number of carbonyl (C=O) groups is 1. The predicted octanol–water partition coefficient (Wildman–Crippen LogP) is 2.59. The Bertz CT molecular complexity index is 750. The van der Waals surface area contributed by atoms with Crippen LogP contribution in [0.1, 0.15) is 15.9 Å². The molecule has 0 radical (unpaired) electrons. The Morgan fingerprint density at radius 2 is 2.08 bits per heavy atom. The first-order chi connectivity index (χ1) is 12.2. The molecule has 5 nitrogen and oxygen atoms in total. The van der Waals surface area contributed by atoms with E-state index >= 15 is 0 Å². The van der Waals surface area contributed by atoms with Gasteiger partial charge in [0, 0.05) is 43.2 Å². The lowest BCUT2D eigenvalue weighted by atomic mass is 9.93. The average Bonchev–Trinajstić information content (AvgIpc) is 3.22. The number of ether oxygens (including phenoxy) is 1. The maximum atomic E-state index is 12.8. The monoisotopic (exact) mass is 337 g/mol. The molecule has 25 heavy (non-hydrogen) atoms. The van der Waals surface area contributed by atoms with Crippen LogP contribution in [0, 0.1) is 18.8 Å². The molecule has 0 bridgehead atoms. The molecule has 1 amide bonds. The normalized spacial score (nSPS) is 25.0. The number of fused-ring (bicyclic) bond motifs is 1. The van der Waals surface area contributed by atoms with Crippen molar-refractivity contribution in [1.82, 2.24) is 9.88 Å². The van der Waals surface area contributed by atoms with Gasteiger partial charge in [0.1, 0.15) is 5.82 Å². The van der Waals surface area contributed by atoms with Crippen LogP contribution in [0.25, 0.3) is 0 Å². The first-order valence-corrected chi connectivity index (χ1v) is 8.84. The lowest BCUT2D eigenvalue weighted by Gasteiger charge is -2.21. The van der Waals surface area contributed by atoms with Gasteiger partial charge in [0.15, 0.2) is 0 Å². The molecule has 0 saturated carbocycles. The average molecular weight is 337 g/mol. The number of hydrogen-bond acceptors (Lipinski definition) is 4. The van der Waals surface area contributed by atoms with Crippen molar-refractivity contribution in [1.29, 1.82) is 0 Å². The molecular weight excluding hydrogens is 314 g/mol. The van der Waals surface area contributed by atoms with Gasteiger partial charge in [-0.25, -0.2) is 4.98 Å². The second-order valence-corrected chi connectivity index (χ2v) is 6.92. The lowest BCUT2D eigenvalue weighted by molar-refractivity contribution is 0.0679. The number of nitrogens with one attached hydrogen (secondary N) is 1. The van der Waals surface area contributed by atoms with E-state index in [2.05, 4.69) is 10.3 Å². The first kappa shape index (κ1) is 16.1. The number of nitrogens with zero attached hydrogens (tertiary/aromatic N) is 2. The SMILES string of the molecule is Cc1ccccc1C(=O)N1C[C@H]2[C@H](CNc3ccccn3)CO[C@H]2C1. The smallest absolute Gasteiger partial charge is 0.254 e. The van der Waals surface area contributed by atoms with Crippen LogP contribution in [0.3, 0.4) is 0 Å². The Kier molecular flexibility index (Phi) is 4.40. The van der Waals surface area contributed by atoms with Crippen LogP contribution < -0.4 is 5.32 Å². The summed E-state index contributed by atoms with van der Waals surface area (Å²) >= 11 is 0. The second-order valence-electron chi connectivity index (χ2n) is 6.92. The zero-order chi connectivity index (χ0) is 17.2. The highest BCUT2D eigenvalue weighted by Crippen LogP contribution is 2.34. The summed E-state index contributed by atoms with van der Waals surface area (Å²) in [6, 6.07) is 13.6. The van der Waals surface area contributed by atoms with E-state index in [0.29, 0.717) is 18.4 Å². The molecule has 3 heterocycles. The van der Waals surface area contributed by atoms with Gasteiger partial charge in [-0.3, -0.25) is 4.79 Å². The van der Waals surface area contributed by atoms with E-state index in [0.717, 1.165) is 36.6 Å². The van der Waals surface area contributed by atoms with E-state index in [1.54, 1.807) is 6.20 Å². The predicted molar refractivity (Wildman–Crippen MR) is 96.5 cm³/mol. The third-order valence-electron chi connectivity index (χ3n) is 5.31. The molecule has 4 rings (SSSR count). The maximum Gasteiger partial charge on any atom is 0.254 e. The Balaban J connectivity index is 1.39. The molecule has 1 N–H and O–H groups in total. The van der Waals surface area contributed by atoms with Gasteiger partial charge in [0.2, 0.25) is 0 Å². The molecule has 1 aromatic carbocycles. The van der Waals surface area contributed by atoms with E-state index < -0.39 is 0 Å². The number of pyridine rings is 1. The van der Waals surface area contributed by atoms with Crippen LogP contribution in [0.5, 0.6) is 0 Å². The first-order valence-electron chi connectivity index (χ1n) is 8.84.